The zero-order chi connectivity index (χ0) is 27.1. The molecule has 3 aromatic carbocycles. The fourth-order valence-corrected chi connectivity index (χ4v) is 5.35. The topological polar surface area (TPSA) is 81.3 Å². The van der Waals surface area contributed by atoms with Gasteiger partial charge in [-0.25, -0.2) is 9.37 Å². The van der Waals surface area contributed by atoms with Gasteiger partial charge in [0.1, 0.15) is 6.17 Å². The third kappa shape index (κ3) is 4.94. The molecule has 1 aromatic heterocycles. The predicted octanol–water partition coefficient (Wildman–Crippen LogP) is 4.02. The van der Waals surface area contributed by atoms with Gasteiger partial charge in [-0.05, 0) is 73.1 Å². The average Bonchev–Trinajstić information content (AvgIpc) is 2.93. The highest BCUT2D eigenvalue weighted by molar-refractivity contribution is 6.04. The minimum absolute atomic E-state index is 0.167. The van der Waals surface area contributed by atoms with Gasteiger partial charge in [-0.1, -0.05) is 24.0 Å². The molecule has 1 saturated heterocycles. The van der Waals surface area contributed by atoms with Gasteiger partial charge in [-0.2, -0.15) is 0 Å². The first kappa shape index (κ1) is 25.0. The molecule has 0 bridgehead atoms. The molecule has 3 heterocycles. The van der Waals surface area contributed by atoms with Crippen LogP contribution < -0.4 is 10.9 Å². The minimum Gasteiger partial charge on any atom is -0.322 e. The van der Waals surface area contributed by atoms with E-state index in [9.17, 15) is 9.59 Å². The van der Waals surface area contributed by atoms with E-state index in [0.717, 1.165) is 36.3 Å². The largest absolute Gasteiger partial charge is 0.322 e. The number of amides is 1. The zero-order valence-electron chi connectivity index (χ0n) is 21.8. The van der Waals surface area contributed by atoms with E-state index >= 15 is 4.39 Å². The monoisotopic (exact) mass is 521 g/mol. The van der Waals surface area contributed by atoms with Crippen molar-refractivity contribution in [3.63, 3.8) is 0 Å². The maximum atomic E-state index is 15.5. The number of hydrogen-bond acceptors (Lipinski definition) is 5. The minimum atomic E-state index is -1.10. The van der Waals surface area contributed by atoms with Gasteiger partial charge in [0, 0.05) is 48.6 Å². The van der Waals surface area contributed by atoms with Crippen LogP contribution in [0.15, 0.2) is 65.7 Å². The highest BCUT2D eigenvalue weighted by Gasteiger charge is 2.38. The van der Waals surface area contributed by atoms with E-state index in [2.05, 4.69) is 36.9 Å². The molecule has 1 amide bonds. The van der Waals surface area contributed by atoms with Crippen molar-refractivity contribution in [2.45, 2.75) is 25.7 Å². The van der Waals surface area contributed by atoms with Gasteiger partial charge in [-0.3, -0.25) is 14.5 Å². The second-order valence-corrected chi connectivity index (χ2v) is 10.3. The van der Waals surface area contributed by atoms with Crippen molar-refractivity contribution in [2.24, 2.45) is 0 Å². The Morgan fingerprint density at radius 3 is 2.85 bits per heavy atom. The Morgan fingerprint density at radius 1 is 1.10 bits per heavy atom. The summed E-state index contributed by atoms with van der Waals surface area (Å²) in [6.07, 6.45) is 0.270. The van der Waals surface area contributed by atoms with E-state index in [1.165, 1.54) is 6.33 Å². The van der Waals surface area contributed by atoms with E-state index in [1.807, 2.05) is 32.2 Å². The number of rotatable bonds is 2. The Hall–Kier alpha value is -4.32. The number of aromatic amines is 1. The summed E-state index contributed by atoms with van der Waals surface area (Å²) in [5, 5.41) is 3.44. The van der Waals surface area contributed by atoms with Crippen LogP contribution in [0.2, 0.25) is 0 Å². The summed E-state index contributed by atoms with van der Waals surface area (Å²) >= 11 is 0. The first-order valence-corrected chi connectivity index (χ1v) is 13.0. The molecular formula is C31H28FN5O2. The lowest BCUT2D eigenvalue weighted by Crippen LogP contribution is -2.55. The lowest BCUT2D eigenvalue weighted by Gasteiger charge is -2.45. The summed E-state index contributed by atoms with van der Waals surface area (Å²) in [5.74, 6) is 5.97. The van der Waals surface area contributed by atoms with Crippen molar-refractivity contribution < 1.29 is 9.18 Å². The molecule has 2 unspecified atom stereocenters. The molecule has 0 aliphatic carbocycles. The number of H-pyrrole nitrogens is 1. The van der Waals surface area contributed by atoms with Crippen LogP contribution >= 0.6 is 0 Å². The molecule has 39 heavy (non-hydrogen) atoms. The standard InChI is InChI=1S/C31H28FN5O2/c1-19-3-6-22(14-21(19)7-4-20-5-10-25-27(13-20)33-18-34-31(25)39)30(38)35-24-9-8-23-16-37-12-11-36(2)17-28(37)29(32)26(23)15-24/h3,5-6,8-10,13-15,18,28-29H,11-12,16-17H2,1-2H3,(H,35,38)(H,33,34,39). The number of alkyl halides is 1. The van der Waals surface area contributed by atoms with Crippen LogP contribution in [0.25, 0.3) is 10.9 Å². The number of likely N-dealkylation sites (N-methyl/N-ethyl adjacent to an activating group) is 1. The first-order valence-electron chi connectivity index (χ1n) is 13.0. The van der Waals surface area contributed by atoms with Gasteiger partial charge in [0.25, 0.3) is 11.5 Å². The number of aromatic nitrogens is 2. The third-order valence-electron chi connectivity index (χ3n) is 7.63. The lowest BCUT2D eigenvalue weighted by atomic mass is 9.90. The number of piperazine rings is 1. The smallest absolute Gasteiger partial charge is 0.258 e. The molecule has 2 aliphatic heterocycles. The van der Waals surface area contributed by atoms with E-state index in [0.29, 0.717) is 39.8 Å². The first-order chi connectivity index (χ1) is 18.9. The molecule has 196 valence electrons. The summed E-state index contributed by atoms with van der Waals surface area (Å²) in [6.45, 7) is 5.15. The lowest BCUT2D eigenvalue weighted by molar-refractivity contribution is 0.0201. The summed E-state index contributed by atoms with van der Waals surface area (Å²) in [7, 11) is 2.03. The van der Waals surface area contributed by atoms with Crippen LogP contribution in [0.4, 0.5) is 10.1 Å². The van der Waals surface area contributed by atoms with E-state index in [4.69, 9.17) is 0 Å². The Balaban J connectivity index is 1.22. The van der Waals surface area contributed by atoms with Crippen molar-refractivity contribution in [2.75, 3.05) is 32.0 Å². The van der Waals surface area contributed by atoms with Gasteiger partial charge >= 0.3 is 0 Å². The molecule has 7 nitrogen and oxygen atoms in total. The molecule has 2 aliphatic rings. The number of carbonyl (C=O) groups is 1. The molecule has 4 aromatic rings. The van der Waals surface area contributed by atoms with Crippen LogP contribution in [-0.4, -0.2) is 58.4 Å². The fraction of sp³-hybridized carbons (Fsp3) is 0.258. The number of nitrogens with one attached hydrogen (secondary N) is 2. The fourth-order valence-electron chi connectivity index (χ4n) is 5.35. The summed E-state index contributed by atoms with van der Waals surface area (Å²) in [6, 6.07) is 16.0. The molecular weight excluding hydrogens is 493 g/mol. The average molecular weight is 522 g/mol. The normalized spacial score (nSPS) is 19.1. The van der Waals surface area contributed by atoms with Crippen molar-refractivity contribution in [1.29, 1.82) is 0 Å². The molecule has 6 rings (SSSR count). The van der Waals surface area contributed by atoms with E-state index in [1.54, 1.807) is 36.4 Å². The number of anilines is 1. The maximum Gasteiger partial charge on any atom is 0.258 e. The van der Waals surface area contributed by atoms with Crippen LogP contribution in [0.5, 0.6) is 0 Å². The second kappa shape index (κ2) is 10.1. The Labute approximate surface area is 225 Å². The van der Waals surface area contributed by atoms with Gasteiger partial charge < -0.3 is 15.2 Å². The van der Waals surface area contributed by atoms with Gasteiger partial charge in [0.15, 0.2) is 0 Å². The van der Waals surface area contributed by atoms with Crippen LogP contribution in [-0.2, 0) is 6.54 Å². The van der Waals surface area contributed by atoms with Crippen molar-refractivity contribution in [3.8, 4) is 11.8 Å². The van der Waals surface area contributed by atoms with Crippen LogP contribution in [0.1, 0.15) is 44.3 Å². The quantitative estimate of drug-likeness (QED) is 0.390. The Bertz CT molecular complexity index is 1720. The van der Waals surface area contributed by atoms with Gasteiger partial charge in [0.05, 0.1) is 23.3 Å². The number of halogens is 1. The molecule has 0 saturated carbocycles. The number of aryl methyl sites for hydroxylation is 1. The SMILES string of the molecule is Cc1ccc(C(=O)Nc2ccc3c(c2)C(F)C2CN(C)CCN2C3)cc1C#Cc1ccc2c(=O)[nH]cnc2c1. The summed E-state index contributed by atoms with van der Waals surface area (Å²) < 4.78 is 15.5. The highest BCUT2D eigenvalue weighted by Crippen LogP contribution is 2.37. The molecule has 1 fully saturated rings. The molecule has 2 atom stereocenters. The third-order valence-corrected chi connectivity index (χ3v) is 7.63. The van der Waals surface area contributed by atoms with E-state index in [-0.39, 0.29) is 17.5 Å². The zero-order valence-corrected chi connectivity index (χ0v) is 21.8. The maximum absolute atomic E-state index is 15.5. The second-order valence-electron chi connectivity index (χ2n) is 10.3. The molecule has 2 N–H and O–H groups in total. The number of carbonyl (C=O) groups excluding carboxylic acids is 1. The molecule has 8 heteroatoms. The van der Waals surface area contributed by atoms with Crippen molar-refractivity contribution >= 4 is 22.5 Å². The van der Waals surface area contributed by atoms with Crippen LogP contribution in [0.3, 0.4) is 0 Å². The van der Waals surface area contributed by atoms with Crippen molar-refractivity contribution in [3.05, 3.63) is 105 Å². The highest BCUT2D eigenvalue weighted by atomic mass is 19.1. The number of benzene rings is 3. The Morgan fingerprint density at radius 2 is 1.97 bits per heavy atom. The predicted molar refractivity (Wildman–Crippen MR) is 149 cm³/mol. The summed E-state index contributed by atoms with van der Waals surface area (Å²) in [4.78, 5) is 36.2. The number of hydrogen-bond donors (Lipinski definition) is 2. The van der Waals surface area contributed by atoms with Crippen LogP contribution in [0, 0.1) is 18.8 Å². The molecule has 0 radical (unpaired) electrons. The number of nitrogens with zero attached hydrogens (tertiary/aromatic N) is 3. The van der Waals surface area contributed by atoms with Gasteiger partial charge in [-0.15, -0.1) is 0 Å². The Kier molecular flexibility index (Phi) is 6.47. The van der Waals surface area contributed by atoms with E-state index < -0.39 is 6.17 Å². The summed E-state index contributed by atoms with van der Waals surface area (Å²) in [5.41, 5.74) is 5.42. The number of fused-ring (bicyclic) bond motifs is 3. The molecule has 0 spiro atoms. The van der Waals surface area contributed by atoms with Crippen molar-refractivity contribution in [1.82, 2.24) is 19.8 Å². The van der Waals surface area contributed by atoms with Gasteiger partial charge in [0.2, 0.25) is 0 Å².